The number of carbonyl (C=O) groups is 1. The Morgan fingerprint density at radius 2 is 0.384 bits per heavy atom. The fourth-order valence-corrected chi connectivity index (χ4v) is 5.30. The summed E-state index contributed by atoms with van der Waals surface area (Å²) in [7, 11) is 0. The monoisotopic (exact) mass is 1390 g/mol. The van der Waals surface area contributed by atoms with E-state index in [1.807, 2.05) is 18.2 Å². The number of hydrogen-bond acceptors (Lipinski definition) is 1. The third-order valence-electron chi connectivity index (χ3n) is 9.19. The van der Waals surface area contributed by atoms with Crippen LogP contribution >= 0.6 is 0 Å². The first kappa shape index (κ1) is 90.9. The topological polar surface area (TPSA) is 29.1 Å². The molecule has 0 saturated heterocycles. The maximum Gasteiger partial charge on any atom is 0.223 e. The Hall–Kier alpha value is -21.1. The van der Waals surface area contributed by atoms with Crippen molar-refractivity contribution >= 4 is 5.91 Å². The molecule has 0 fully saturated rings. The van der Waals surface area contributed by atoms with Gasteiger partial charge in [-0.05, 0) is 130 Å². The summed E-state index contributed by atoms with van der Waals surface area (Å²) in [6.07, 6.45) is 12.6. The summed E-state index contributed by atoms with van der Waals surface area (Å²) in [6.45, 7) is 14.0. The Labute approximate surface area is 665 Å². The minimum Gasteiger partial charge on any atom is -0.356 e. The van der Waals surface area contributed by atoms with Crippen molar-refractivity contribution in [2.75, 3.05) is 6.54 Å². The van der Waals surface area contributed by atoms with Crippen LogP contribution in [0.2, 0.25) is 0 Å². The van der Waals surface area contributed by atoms with Crippen LogP contribution in [0.1, 0.15) is 59.9 Å². The molecule has 486 valence electrons. The van der Waals surface area contributed by atoms with E-state index in [1.54, 1.807) is 0 Å². The first-order valence-electron chi connectivity index (χ1n) is 30.7. The number of nitrogens with one attached hydrogen (secondary N) is 1. The first-order chi connectivity index (χ1) is 55.0. The minimum absolute atomic E-state index is 0.0439. The molecule has 0 aromatic heterocycles. The van der Waals surface area contributed by atoms with E-state index in [-0.39, 0.29) is 22.7 Å². The molecule has 0 radical (unpaired) electrons. The van der Waals surface area contributed by atoms with Crippen LogP contribution in [0.3, 0.4) is 0 Å². The van der Waals surface area contributed by atoms with E-state index in [9.17, 15) is 4.79 Å². The van der Waals surface area contributed by atoms with Crippen LogP contribution in [0, 0.1) is 551 Å². The zero-order valence-corrected chi connectivity index (χ0v) is 60.4. The SMILES string of the molecule is C#CC#CC#CC#CC#CC#CC#CC#CC#CC#CC#CC#CC#CC#CC#CC#CC#CC#CC#CC#CC#CC#CC#CC#CC#CC#CC#CC#CC#CC#CC#CC#CC#CC#CC#CC#CC#CC#CC#CC#CC#CC#CC#CC#CC#C.CC(C)(C)CCNC(=O)C(Cc1ccccc1)CC(C)(C)C. The van der Waals surface area contributed by atoms with E-state index in [2.05, 4.69) is 580 Å². The molecule has 1 aromatic carbocycles. The second-order valence-electron chi connectivity index (χ2n) is 19.8. The molecule has 0 aliphatic rings. The molecule has 2 heteroatoms. The maximum absolute atomic E-state index is 12.6. The van der Waals surface area contributed by atoms with Gasteiger partial charge in [0.2, 0.25) is 5.91 Å². The average Bonchev–Trinajstić information content (AvgIpc) is 0.874. The zero-order chi connectivity index (χ0) is 81.0. The standard InChI is InChI=1S/C90H2.C20H33NO/c1-3-5-7-9-11-13-15-17-19-21-23-25-27-29-31-33-35-37-39-41-43-45-47-49-51-53-55-57-59-61-63-65-67-69-71-73-75-77-79-81-83-85-87-89-90-88-86-84-82-80-78-76-74-72-70-68-66-64-62-60-58-56-54-52-50-48-46-44-42-40-38-36-34-32-30-28-26-24-22-20-18-16-14-12-10-8-6-4-2;1-19(2,3)12-13-21-18(22)17(15-20(4,5)6)14-16-10-8-7-9-11-16/h1-2H;7-11,17H,12-15H2,1-6H3,(H,21,22). The summed E-state index contributed by atoms with van der Waals surface area (Å²) in [5, 5.41) is 3.14. The molecular weight excluding hydrogens is 1350 g/mol. The summed E-state index contributed by atoms with van der Waals surface area (Å²) in [5.74, 6) is 218. The third-order valence-corrected chi connectivity index (χ3v) is 9.19. The van der Waals surface area contributed by atoms with Gasteiger partial charge in [-0.3, -0.25) is 4.79 Å². The van der Waals surface area contributed by atoms with Crippen molar-refractivity contribution in [3.8, 4) is 534 Å². The number of rotatable bonds is 6. The lowest BCUT2D eigenvalue weighted by Gasteiger charge is -2.26. The Morgan fingerprint density at radius 3 is 0.509 bits per heavy atom. The Balaban J connectivity index is 0.00000476. The molecule has 0 saturated carbocycles. The maximum atomic E-state index is 12.6. The molecule has 0 spiro atoms. The van der Waals surface area contributed by atoms with Gasteiger partial charge in [0.1, 0.15) is 0 Å². The molecule has 0 aliphatic carbocycles. The van der Waals surface area contributed by atoms with Crippen molar-refractivity contribution in [1.82, 2.24) is 5.32 Å². The van der Waals surface area contributed by atoms with Crippen LogP contribution in [0.25, 0.3) is 0 Å². The normalized spacial score (nSPS) is 5.86. The van der Waals surface area contributed by atoms with Crippen molar-refractivity contribution in [3.05, 3.63) is 35.9 Å². The van der Waals surface area contributed by atoms with Gasteiger partial charge < -0.3 is 5.32 Å². The van der Waals surface area contributed by atoms with Crippen LogP contribution in [-0.4, -0.2) is 12.5 Å². The van der Waals surface area contributed by atoms with Crippen molar-refractivity contribution < 1.29 is 4.79 Å². The quantitative estimate of drug-likeness (QED) is 0.389. The lowest BCUT2D eigenvalue weighted by molar-refractivity contribution is -0.126. The van der Waals surface area contributed by atoms with Crippen LogP contribution in [-0.2, 0) is 11.2 Å². The highest BCUT2D eigenvalue weighted by molar-refractivity contribution is 5.79. The largest absolute Gasteiger partial charge is 0.356 e. The number of hydrogen-bond donors (Lipinski definition) is 1. The zero-order valence-electron chi connectivity index (χ0n) is 60.4. The number of carbonyl (C=O) groups excluding carboxylic acids is 1. The van der Waals surface area contributed by atoms with E-state index in [1.165, 1.54) is 5.56 Å². The molecule has 1 aromatic rings. The van der Waals surface area contributed by atoms with Gasteiger partial charge in [-0.1, -0.05) is 71.9 Å². The number of amides is 1. The molecule has 1 N–H and O–H groups in total. The van der Waals surface area contributed by atoms with Gasteiger partial charge in [-0.15, -0.1) is 12.8 Å². The van der Waals surface area contributed by atoms with Crippen LogP contribution in [0.15, 0.2) is 30.3 Å². The minimum atomic E-state index is 0.0439. The van der Waals surface area contributed by atoms with Crippen molar-refractivity contribution in [3.63, 3.8) is 0 Å². The molecule has 1 atom stereocenters. The molecule has 1 amide bonds. The highest BCUT2D eigenvalue weighted by Gasteiger charge is 2.25. The molecule has 0 heterocycles. The van der Waals surface area contributed by atoms with E-state index in [0.717, 1.165) is 25.8 Å². The van der Waals surface area contributed by atoms with Gasteiger partial charge in [0, 0.05) is 439 Å². The van der Waals surface area contributed by atoms with Gasteiger partial charge in [0.05, 0.1) is 0 Å². The molecule has 1 rings (SSSR count). The molecule has 0 aliphatic heterocycles. The summed E-state index contributed by atoms with van der Waals surface area (Å²) >= 11 is 0. The molecule has 0 bridgehead atoms. The smallest absolute Gasteiger partial charge is 0.223 e. The second kappa shape index (κ2) is 74.1. The van der Waals surface area contributed by atoms with Gasteiger partial charge in [0.15, 0.2) is 0 Å². The van der Waals surface area contributed by atoms with Crippen LogP contribution < -0.4 is 5.32 Å². The number of benzene rings is 1. The lowest BCUT2D eigenvalue weighted by Crippen LogP contribution is -2.35. The Bertz CT molecular complexity index is 6740. The molecular formula is C110H35NO. The van der Waals surface area contributed by atoms with Crippen molar-refractivity contribution in [1.29, 1.82) is 0 Å². The summed E-state index contributed by atoms with van der Waals surface area (Å²) in [4.78, 5) is 12.6. The highest BCUT2D eigenvalue weighted by atomic mass is 16.1. The Morgan fingerprint density at radius 1 is 0.241 bits per heavy atom. The number of terminal acetylenes is 2. The molecule has 2 nitrogen and oxygen atoms in total. The van der Waals surface area contributed by atoms with Gasteiger partial charge in [0.25, 0.3) is 0 Å². The van der Waals surface area contributed by atoms with Gasteiger partial charge >= 0.3 is 0 Å². The highest BCUT2D eigenvalue weighted by Crippen LogP contribution is 2.27. The second-order valence-corrected chi connectivity index (χ2v) is 19.8. The Kier molecular flexibility index (Phi) is 60.2. The van der Waals surface area contributed by atoms with Crippen molar-refractivity contribution in [2.45, 2.75) is 60.8 Å². The van der Waals surface area contributed by atoms with Crippen LogP contribution in [0.5, 0.6) is 0 Å². The summed E-state index contributed by atoms with van der Waals surface area (Å²) in [6, 6.07) is 10.3. The first-order valence-corrected chi connectivity index (χ1v) is 30.7. The molecule has 112 heavy (non-hydrogen) atoms. The van der Waals surface area contributed by atoms with E-state index in [0.29, 0.717) is 0 Å². The van der Waals surface area contributed by atoms with Gasteiger partial charge in [-0.25, -0.2) is 0 Å². The predicted octanol–water partition coefficient (Wildman–Crippen LogP) is 5.23. The van der Waals surface area contributed by atoms with Crippen molar-refractivity contribution in [2.24, 2.45) is 16.7 Å². The van der Waals surface area contributed by atoms with Gasteiger partial charge in [-0.2, -0.15) is 0 Å². The van der Waals surface area contributed by atoms with E-state index < -0.39 is 0 Å². The van der Waals surface area contributed by atoms with E-state index in [4.69, 9.17) is 12.8 Å². The summed E-state index contributed by atoms with van der Waals surface area (Å²) in [5.41, 5.74) is 1.65. The van der Waals surface area contributed by atoms with Crippen LogP contribution in [0.4, 0.5) is 0 Å². The summed E-state index contributed by atoms with van der Waals surface area (Å²) < 4.78 is 0. The predicted molar refractivity (Wildman–Crippen MR) is 447 cm³/mol. The van der Waals surface area contributed by atoms with E-state index >= 15 is 0 Å². The average molecular weight is 1390 g/mol. The third kappa shape index (κ3) is 77.9. The lowest BCUT2D eigenvalue weighted by atomic mass is 9.81. The fraction of sp³-hybridized carbons (Fsp3) is 0.118. The molecule has 1 unspecified atom stereocenters. The fourth-order valence-electron chi connectivity index (χ4n) is 5.30.